The molecule has 0 unspecified atom stereocenters. The van der Waals surface area contributed by atoms with Crippen LogP contribution in [0.3, 0.4) is 0 Å². The van der Waals surface area contributed by atoms with Gasteiger partial charge in [0.15, 0.2) is 0 Å². The lowest BCUT2D eigenvalue weighted by molar-refractivity contribution is -0.160. The Balaban J connectivity index is 1.57. The molecule has 2 atom stereocenters. The highest BCUT2D eigenvalue weighted by Gasteiger charge is 2.28. The molecular formula is C27H30FN3O4. The highest BCUT2D eigenvalue weighted by Crippen LogP contribution is 2.26. The Bertz CT molecular complexity index is 1160. The number of aromatic nitrogens is 2. The number of nitrogens with one attached hydrogen (secondary N) is 1. The summed E-state index contributed by atoms with van der Waals surface area (Å²) in [5, 5.41) is 12.9. The molecule has 0 radical (unpaired) electrons. The molecule has 1 aliphatic heterocycles. The molecule has 1 aromatic heterocycles. The number of aliphatic hydroxyl groups is 1. The van der Waals surface area contributed by atoms with E-state index in [1.807, 2.05) is 41.8 Å². The predicted molar refractivity (Wildman–Crippen MR) is 129 cm³/mol. The second-order valence-corrected chi connectivity index (χ2v) is 8.73. The van der Waals surface area contributed by atoms with E-state index in [0.717, 1.165) is 11.3 Å². The summed E-state index contributed by atoms with van der Waals surface area (Å²) in [7, 11) is 0. The van der Waals surface area contributed by atoms with Gasteiger partial charge in [-0.1, -0.05) is 37.3 Å². The smallest absolute Gasteiger partial charge is 0.308 e. The van der Waals surface area contributed by atoms with Gasteiger partial charge < -0.3 is 19.7 Å². The van der Waals surface area contributed by atoms with E-state index in [0.29, 0.717) is 55.9 Å². The van der Waals surface area contributed by atoms with Gasteiger partial charge in [-0.05, 0) is 42.7 Å². The van der Waals surface area contributed by atoms with Crippen LogP contribution in [0.2, 0.25) is 0 Å². The maximum atomic E-state index is 13.6. The number of benzene rings is 2. The van der Waals surface area contributed by atoms with E-state index in [-0.39, 0.29) is 18.1 Å². The van der Waals surface area contributed by atoms with E-state index in [1.165, 1.54) is 12.1 Å². The van der Waals surface area contributed by atoms with Crippen molar-refractivity contribution in [2.24, 2.45) is 0 Å². The predicted octanol–water partition coefficient (Wildman–Crippen LogP) is 3.68. The standard InChI is InChI=1S/C27H30FN3O4/c1-2-23-25(27(34)29-14-12-18-6-4-3-5-7-18)30-26(19-8-10-20(28)11-9-19)31(23)15-13-22-16-21(32)17-24(33)35-22/h3-11,21-22,32H,2,12-17H2,1H3,(H,29,34)/t21-,22-/m1/s1. The van der Waals surface area contributed by atoms with Crippen LogP contribution in [0, 0.1) is 5.82 Å². The molecule has 7 nitrogen and oxygen atoms in total. The number of amides is 1. The lowest BCUT2D eigenvalue weighted by Gasteiger charge is -2.26. The van der Waals surface area contributed by atoms with Gasteiger partial charge in [0, 0.05) is 31.5 Å². The number of halogens is 1. The Kier molecular flexibility index (Phi) is 7.92. The number of carbonyl (C=O) groups is 2. The number of rotatable bonds is 9. The van der Waals surface area contributed by atoms with Gasteiger partial charge in [0.1, 0.15) is 23.4 Å². The molecule has 184 valence electrons. The van der Waals surface area contributed by atoms with E-state index in [9.17, 15) is 19.1 Å². The third-order valence-electron chi connectivity index (χ3n) is 6.18. The average Bonchev–Trinajstić information content (AvgIpc) is 3.22. The molecule has 1 amide bonds. The molecule has 4 rings (SSSR count). The normalized spacial score (nSPS) is 17.7. The topological polar surface area (TPSA) is 93.5 Å². The van der Waals surface area contributed by atoms with Gasteiger partial charge in [-0.2, -0.15) is 0 Å². The fourth-order valence-electron chi connectivity index (χ4n) is 4.45. The molecule has 8 heteroatoms. The Labute approximate surface area is 204 Å². The van der Waals surface area contributed by atoms with E-state index in [1.54, 1.807) is 12.1 Å². The highest BCUT2D eigenvalue weighted by atomic mass is 19.1. The number of hydrogen-bond acceptors (Lipinski definition) is 5. The van der Waals surface area contributed by atoms with E-state index in [2.05, 4.69) is 10.3 Å². The second-order valence-electron chi connectivity index (χ2n) is 8.73. The van der Waals surface area contributed by atoms with Gasteiger partial charge in [-0.25, -0.2) is 9.37 Å². The number of hydrogen-bond donors (Lipinski definition) is 2. The summed E-state index contributed by atoms with van der Waals surface area (Å²) in [6.45, 7) is 2.86. The second kappa shape index (κ2) is 11.3. The van der Waals surface area contributed by atoms with Crippen molar-refractivity contribution in [3.8, 4) is 11.4 Å². The lowest BCUT2D eigenvalue weighted by Crippen LogP contribution is -2.33. The monoisotopic (exact) mass is 479 g/mol. The van der Waals surface area contributed by atoms with Crippen molar-refractivity contribution >= 4 is 11.9 Å². The minimum atomic E-state index is -0.711. The molecule has 35 heavy (non-hydrogen) atoms. The van der Waals surface area contributed by atoms with Crippen LogP contribution in [-0.2, 0) is 28.9 Å². The molecule has 2 aromatic carbocycles. The molecule has 2 N–H and O–H groups in total. The fraction of sp³-hybridized carbons (Fsp3) is 0.370. The molecular weight excluding hydrogens is 449 g/mol. The number of cyclic esters (lactones) is 1. The molecule has 0 spiro atoms. The van der Waals surface area contributed by atoms with Gasteiger partial charge >= 0.3 is 5.97 Å². The Morgan fingerprint density at radius 1 is 1.20 bits per heavy atom. The van der Waals surface area contributed by atoms with Crippen LogP contribution < -0.4 is 5.32 Å². The zero-order chi connectivity index (χ0) is 24.8. The molecule has 0 saturated carbocycles. The first-order valence-corrected chi connectivity index (χ1v) is 12.0. The first-order chi connectivity index (χ1) is 16.9. The van der Waals surface area contributed by atoms with Crippen LogP contribution >= 0.6 is 0 Å². The van der Waals surface area contributed by atoms with Crippen molar-refractivity contribution < 1.29 is 23.8 Å². The van der Waals surface area contributed by atoms with Crippen LogP contribution in [0.4, 0.5) is 4.39 Å². The van der Waals surface area contributed by atoms with E-state index < -0.39 is 18.2 Å². The minimum Gasteiger partial charge on any atom is -0.462 e. The Morgan fingerprint density at radius 2 is 1.94 bits per heavy atom. The number of esters is 1. The quantitative estimate of drug-likeness (QED) is 0.457. The summed E-state index contributed by atoms with van der Waals surface area (Å²) in [6, 6.07) is 15.9. The number of carbonyl (C=O) groups excluding carboxylic acids is 2. The van der Waals surface area contributed by atoms with Gasteiger partial charge in [0.2, 0.25) is 0 Å². The van der Waals surface area contributed by atoms with Gasteiger partial charge in [-0.3, -0.25) is 9.59 Å². The minimum absolute atomic E-state index is 0.00984. The fourth-order valence-corrected chi connectivity index (χ4v) is 4.45. The van der Waals surface area contributed by atoms with Crippen molar-refractivity contribution in [3.05, 3.63) is 77.4 Å². The molecule has 1 fully saturated rings. The summed E-state index contributed by atoms with van der Waals surface area (Å²) in [6.07, 6.45) is 0.989. The Hall–Kier alpha value is -3.52. The van der Waals surface area contributed by atoms with Crippen LogP contribution in [0.25, 0.3) is 11.4 Å². The third-order valence-corrected chi connectivity index (χ3v) is 6.18. The van der Waals surface area contributed by atoms with Crippen molar-refractivity contribution in [1.82, 2.24) is 14.9 Å². The molecule has 1 aliphatic rings. The third kappa shape index (κ3) is 6.14. The zero-order valence-electron chi connectivity index (χ0n) is 19.7. The Morgan fingerprint density at radius 3 is 2.63 bits per heavy atom. The van der Waals surface area contributed by atoms with Crippen LogP contribution in [0.1, 0.15) is 47.9 Å². The first kappa shape index (κ1) is 24.6. The molecule has 0 aliphatic carbocycles. The molecule has 3 aromatic rings. The van der Waals surface area contributed by atoms with Crippen molar-refractivity contribution in [1.29, 1.82) is 0 Å². The van der Waals surface area contributed by atoms with E-state index in [4.69, 9.17) is 4.74 Å². The van der Waals surface area contributed by atoms with E-state index >= 15 is 0 Å². The molecule has 2 heterocycles. The molecule has 0 bridgehead atoms. The SMILES string of the molecule is CCc1c(C(=O)NCCc2ccccc2)nc(-c2ccc(F)cc2)n1CC[C@@H]1C[C@@H](O)CC(=O)O1. The lowest BCUT2D eigenvalue weighted by atomic mass is 10.0. The van der Waals surface area contributed by atoms with Crippen molar-refractivity contribution in [3.63, 3.8) is 0 Å². The van der Waals surface area contributed by atoms with Crippen molar-refractivity contribution in [2.45, 2.75) is 57.8 Å². The number of aliphatic hydroxyl groups excluding tert-OH is 1. The summed E-state index contributed by atoms with van der Waals surface area (Å²) in [5.41, 5.74) is 2.90. The largest absolute Gasteiger partial charge is 0.462 e. The summed E-state index contributed by atoms with van der Waals surface area (Å²) in [4.78, 5) is 29.5. The average molecular weight is 480 g/mol. The first-order valence-electron chi connectivity index (χ1n) is 12.0. The van der Waals surface area contributed by atoms with Gasteiger partial charge in [0.25, 0.3) is 5.91 Å². The van der Waals surface area contributed by atoms with Gasteiger partial charge in [-0.15, -0.1) is 0 Å². The van der Waals surface area contributed by atoms with Crippen LogP contribution in [0.5, 0.6) is 0 Å². The van der Waals surface area contributed by atoms with Crippen LogP contribution in [-0.4, -0.2) is 45.3 Å². The summed E-state index contributed by atoms with van der Waals surface area (Å²) >= 11 is 0. The highest BCUT2D eigenvalue weighted by molar-refractivity contribution is 5.94. The maximum Gasteiger partial charge on any atom is 0.308 e. The zero-order valence-corrected chi connectivity index (χ0v) is 19.7. The van der Waals surface area contributed by atoms with Crippen molar-refractivity contribution in [2.75, 3.05) is 6.54 Å². The maximum absolute atomic E-state index is 13.6. The number of ether oxygens (including phenoxy) is 1. The van der Waals surface area contributed by atoms with Crippen LogP contribution in [0.15, 0.2) is 54.6 Å². The summed E-state index contributed by atoms with van der Waals surface area (Å²) < 4.78 is 20.9. The van der Waals surface area contributed by atoms with Gasteiger partial charge in [0.05, 0.1) is 18.2 Å². The summed E-state index contributed by atoms with van der Waals surface area (Å²) in [5.74, 6) is -0.478. The number of imidazole rings is 1. The molecule has 1 saturated heterocycles. The number of nitrogens with zero attached hydrogens (tertiary/aromatic N) is 2.